The van der Waals surface area contributed by atoms with Crippen molar-refractivity contribution in [3.05, 3.63) is 71.8 Å². The maximum Gasteiger partial charge on any atom is 0.490 e. The molecular weight excluding hydrogens is 727 g/mol. The van der Waals surface area contributed by atoms with Crippen LogP contribution in [-0.4, -0.2) is 89.5 Å². The number of carboxylic acids is 1. The highest BCUT2D eigenvalue weighted by molar-refractivity contribution is 5.91. The number of carbonyl (C=O) groups excluding carboxylic acids is 4. The van der Waals surface area contributed by atoms with Crippen LogP contribution in [0, 0.1) is 5.92 Å². The van der Waals surface area contributed by atoms with E-state index in [0.29, 0.717) is 38.6 Å². The molecule has 0 aliphatic rings. The molecule has 0 bridgehead atoms. The average Bonchev–Trinajstić information content (AvgIpc) is 3.11. The molecule has 0 saturated heterocycles. The minimum Gasteiger partial charge on any atom is -0.475 e. The van der Waals surface area contributed by atoms with Gasteiger partial charge in [0.25, 0.3) is 0 Å². The van der Waals surface area contributed by atoms with E-state index < -0.39 is 54.3 Å². The van der Waals surface area contributed by atoms with Crippen molar-refractivity contribution in [2.45, 2.75) is 103 Å². The van der Waals surface area contributed by atoms with Gasteiger partial charge in [-0.15, -0.1) is 0 Å². The van der Waals surface area contributed by atoms with Crippen molar-refractivity contribution in [1.82, 2.24) is 21.3 Å². The van der Waals surface area contributed by atoms with E-state index >= 15 is 0 Å². The van der Waals surface area contributed by atoms with E-state index in [1.165, 1.54) is 0 Å². The first-order valence-electron chi connectivity index (χ1n) is 17.8. The fraction of sp³-hybridized carbons (Fsp3) is 0.514. The molecule has 4 atom stereocenters. The molecule has 15 nitrogen and oxygen atoms in total. The summed E-state index contributed by atoms with van der Waals surface area (Å²) in [6.07, 6.45) is -4.71. The number of aliphatic hydroxyl groups is 1. The smallest absolute Gasteiger partial charge is 0.475 e. The number of halogens is 3. The summed E-state index contributed by atoms with van der Waals surface area (Å²) >= 11 is 0. The molecule has 0 fully saturated rings. The van der Waals surface area contributed by atoms with Crippen molar-refractivity contribution in [2.75, 3.05) is 13.1 Å². The second kappa shape index (κ2) is 25.6. The van der Waals surface area contributed by atoms with Gasteiger partial charge in [-0.3, -0.25) is 19.4 Å². The molecular formula is C37H54F3N7O8. The Bertz CT molecular complexity index is 1490. The highest BCUT2D eigenvalue weighted by atomic mass is 19.4. The van der Waals surface area contributed by atoms with Crippen molar-refractivity contribution < 1.29 is 52.1 Å². The highest BCUT2D eigenvalue weighted by Crippen LogP contribution is 2.14. The minimum absolute atomic E-state index is 0.0144. The zero-order valence-electron chi connectivity index (χ0n) is 31.3. The number of amides is 4. The Morgan fingerprint density at radius 1 is 0.855 bits per heavy atom. The van der Waals surface area contributed by atoms with Crippen molar-refractivity contribution in [2.24, 2.45) is 22.4 Å². The number of carboxylic acid groups (broad SMARTS) is 1. The van der Waals surface area contributed by atoms with Gasteiger partial charge in [-0.2, -0.15) is 13.2 Å². The number of alkyl carbamates (subject to hydrolysis) is 1. The van der Waals surface area contributed by atoms with E-state index in [-0.39, 0.29) is 43.8 Å². The predicted octanol–water partition coefficient (Wildman–Crippen LogP) is 2.89. The van der Waals surface area contributed by atoms with Gasteiger partial charge in [0.15, 0.2) is 5.96 Å². The van der Waals surface area contributed by atoms with Gasteiger partial charge in [0.2, 0.25) is 17.7 Å². The van der Waals surface area contributed by atoms with Crippen molar-refractivity contribution in [3.63, 3.8) is 0 Å². The number of aliphatic carboxylic acids is 1. The first-order chi connectivity index (χ1) is 25.9. The lowest BCUT2D eigenvalue weighted by Crippen LogP contribution is -2.56. The molecule has 2 aromatic rings. The quantitative estimate of drug-likeness (QED) is 0.0523. The number of nitrogens with zero attached hydrogens (tertiary/aromatic N) is 1. The summed E-state index contributed by atoms with van der Waals surface area (Å²) in [4.78, 5) is 65.1. The van der Waals surface area contributed by atoms with Crippen molar-refractivity contribution >= 4 is 35.7 Å². The number of nitrogens with two attached hydrogens (primary N) is 2. The highest BCUT2D eigenvalue weighted by Gasteiger charge is 2.38. The average molecular weight is 782 g/mol. The van der Waals surface area contributed by atoms with Crippen molar-refractivity contribution in [1.29, 1.82) is 0 Å². The van der Waals surface area contributed by atoms with Gasteiger partial charge in [-0.25, -0.2) is 9.59 Å². The van der Waals surface area contributed by atoms with Crippen LogP contribution in [-0.2, 0) is 36.9 Å². The molecule has 0 aliphatic heterocycles. The third-order valence-electron chi connectivity index (χ3n) is 7.71. The first-order valence-corrected chi connectivity index (χ1v) is 17.8. The Morgan fingerprint density at radius 3 is 1.93 bits per heavy atom. The summed E-state index contributed by atoms with van der Waals surface area (Å²) in [5.74, 6) is -4.14. The molecule has 2 rings (SSSR count). The Hall–Kier alpha value is -5.39. The fourth-order valence-corrected chi connectivity index (χ4v) is 5.01. The number of nitrogens with one attached hydrogen (secondary N) is 4. The third kappa shape index (κ3) is 21.8. The van der Waals surface area contributed by atoms with E-state index in [0.717, 1.165) is 11.1 Å². The van der Waals surface area contributed by atoms with Gasteiger partial charge in [0.1, 0.15) is 18.7 Å². The largest absolute Gasteiger partial charge is 0.490 e. The number of rotatable bonds is 21. The lowest BCUT2D eigenvalue weighted by atomic mass is 9.96. The van der Waals surface area contributed by atoms with Crippen LogP contribution in [0.15, 0.2) is 65.7 Å². The molecule has 0 spiro atoms. The lowest BCUT2D eigenvalue weighted by Gasteiger charge is -2.28. The van der Waals surface area contributed by atoms with E-state index in [4.69, 9.17) is 26.1 Å². The molecule has 10 N–H and O–H groups in total. The van der Waals surface area contributed by atoms with Crippen LogP contribution in [0.1, 0.15) is 70.4 Å². The van der Waals surface area contributed by atoms with E-state index in [2.05, 4.69) is 26.3 Å². The van der Waals surface area contributed by atoms with Gasteiger partial charge in [-0.1, -0.05) is 87.9 Å². The summed E-state index contributed by atoms with van der Waals surface area (Å²) < 4.78 is 37.0. The number of aliphatic imine (C=N–C) groups is 1. The molecule has 55 heavy (non-hydrogen) atoms. The summed E-state index contributed by atoms with van der Waals surface area (Å²) in [5, 5.41) is 29.2. The number of alkyl halides is 3. The Morgan fingerprint density at radius 2 is 1.40 bits per heavy atom. The Kier molecular flexibility index (Phi) is 22.2. The Balaban J connectivity index is 0.00000196. The fourth-order valence-electron chi connectivity index (χ4n) is 5.01. The van der Waals surface area contributed by atoms with Gasteiger partial charge < -0.3 is 47.7 Å². The zero-order valence-corrected chi connectivity index (χ0v) is 31.3. The number of carbonyl (C=O) groups is 5. The van der Waals surface area contributed by atoms with E-state index in [9.17, 15) is 37.5 Å². The Labute approximate surface area is 318 Å². The van der Waals surface area contributed by atoms with E-state index in [1.54, 1.807) is 0 Å². The molecule has 2 aromatic carbocycles. The topological polar surface area (TPSA) is 248 Å². The molecule has 306 valence electrons. The molecule has 0 aromatic heterocycles. The van der Waals surface area contributed by atoms with Crippen molar-refractivity contribution in [3.8, 4) is 0 Å². The van der Waals surface area contributed by atoms with Gasteiger partial charge in [-0.05, 0) is 49.1 Å². The molecule has 0 heterocycles. The van der Waals surface area contributed by atoms with Gasteiger partial charge in [0, 0.05) is 13.1 Å². The number of guanidine groups is 1. The van der Waals surface area contributed by atoms with Crippen LogP contribution in [0.5, 0.6) is 0 Å². The van der Waals surface area contributed by atoms with Crippen LogP contribution in [0.4, 0.5) is 18.0 Å². The third-order valence-corrected chi connectivity index (χ3v) is 7.71. The SMILES string of the molecule is CCC[C@H](NC(=O)[C@H](CCCN=C(N)N)NC(=O)OCc1ccccc1)C(=O)N[C@@H](CC(C)C)[C@@H](O)CC(=O)NCCc1ccccc1.O=C(O)C(F)(F)F. The minimum atomic E-state index is -5.08. The van der Waals surface area contributed by atoms with Gasteiger partial charge in [0.05, 0.1) is 18.6 Å². The van der Waals surface area contributed by atoms with Crippen LogP contribution in [0.2, 0.25) is 0 Å². The summed E-state index contributed by atoms with van der Waals surface area (Å²) in [5.41, 5.74) is 12.7. The van der Waals surface area contributed by atoms with Crippen LogP contribution >= 0.6 is 0 Å². The maximum atomic E-state index is 13.5. The number of ether oxygens (including phenoxy) is 1. The first kappa shape index (κ1) is 47.6. The number of aliphatic hydroxyl groups excluding tert-OH is 1. The number of hydrogen-bond donors (Lipinski definition) is 8. The zero-order chi connectivity index (χ0) is 41.4. The molecule has 0 unspecified atom stereocenters. The normalized spacial score (nSPS) is 13.1. The molecule has 0 aliphatic carbocycles. The number of hydrogen-bond acceptors (Lipinski definition) is 8. The monoisotopic (exact) mass is 781 g/mol. The molecule has 0 saturated carbocycles. The van der Waals surface area contributed by atoms with Crippen LogP contribution in [0.25, 0.3) is 0 Å². The second-order valence-electron chi connectivity index (χ2n) is 13.0. The second-order valence-corrected chi connectivity index (χ2v) is 13.0. The summed E-state index contributed by atoms with van der Waals surface area (Å²) in [6, 6.07) is 16.1. The summed E-state index contributed by atoms with van der Waals surface area (Å²) in [7, 11) is 0. The predicted molar refractivity (Wildman–Crippen MR) is 199 cm³/mol. The molecule has 18 heteroatoms. The van der Waals surface area contributed by atoms with Crippen LogP contribution in [0.3, 0.4) is 0 Å². The van der Waals surface area contributed by atoms with Gasteiger partial charge >= 0.3 is 18.2 Å². The molecule has 4 amide bonds. The summed E-state index contributed by atoms with van der Waals surface area (Å²) in [6.45, 7) is 6.45. The standard InChI is InChI=1S/C35H53N7O6.C2HF3O2/c1-4-12-27(32(45)41-29(21-24(2)3)30(43)22-31(44)38-20-18-25-13-7-5-8-14-25)40-33(46)28(17-11-19-39-34(36)37)42-35(47)48-23-26-15-9-6-10-16-26;3-2(4,5)1(6)7/h5-10,13-16,24,27-30,43H,4,11-12,17-23H2,1-3H3,(H,38,44)(H,40,46)(H,41,45)(H,42,47)(H4,36,37,39);(H,6,7)/t27-,28-,29-,30-;/m0./s1. The molecule has 0 radical (unpaired) electrons. The van der Waals surface area contributed by atoms with Crippen LogP contribution < -0.4 is 32.7 Å². The number of benzene rings is 2. The lowest BCUT2D eigenvalue weighted by molar-refractivity contribution is -0.192. The van der Waals surface area contributed by atoms with E-state index in [1.807, 2.05) is 81.4 Å². The maximum absolute atomic E-state index is 13.5.